The molecular formula is C8H8F5N5O. The Kier molecular flexibility index (Phi) is 3.77. The fraction of sp³-hybridized carbons (Fsp3) is 0.375. The van der Waals surface area contributed by atoms with E-state index in [0.29, 0.717) is 22.0 Å². The lowest BCUT2D eigenvalue weighted by Crippen LogP contribution is -2.37. The highest BCUT2D eigenvalue weighted by atomic mass is 19.4. The van der Waals surface area contributed by atoms with Crippen LogP contribution in [0.15, 0.2) is 12.3 Å². The van der Waals surface area contributed by atoms with E-state index < -0.39 is 30.5 Å². The molecule has 0 radical (unpaired) electrons. The molecule has 0 fully saturated rings. The summed E-state index contributed by atoms with van der Waals surface area (Å²) in [5.74, 6) is -5.10. The number of hydrogen-bond donors (Lipinski definition) is 2. The molecule has 0 atom stereocenters. The largest absolute Gasteiger partial charge is 0.459 e. The third-order valence-corrected chi connectivity index (χ3v) is 2.05. The number of rotatable bonds is 4. The van der Waals surface area contributed by atoms with Gasteiger partial charge >= 0.3 is 18.1 Å². The molecule has 2 amide bonds. The number of nitrogens with zero attached hydrogens (tertiary/aromatic N) is 3. The van der Waals surface area contributed by atoms with E-state index in [1.54, 1.807) is 0 Å². The van der Waals surface area contributed by atoms with E-state index in [0.717, 1.165) is 6.20 Å². The van der Waals surface area contributed by atoms with Crippen LogP contribution in [0.2, 0.25) is 0 Å². The van der Waals surface area contributed by atoms with Gasteiger partial charge in [0.2, 0.25) is 0 Å². The van der Waals surface area contributed by atoms with E-state index >= 15 is 0 Å². The van der Waals surface area contributed by atoms with Gasteiger partial charge in [0.15, 0.2) is 0 Å². The highest BCUT2D eigenvalue weighted by Gasteiger charge is 2.60. The molecule has 1 heterocycles. The number of aromatic nitrogens is 2. The number of carbonyl (C=O) groups is 1. The summed E-state index contributed by atoms with van der Waals surface area (Å²) < 4.78 is 62.6. The van der Waals surface area contributed by atoms with Crippen LogP contribution in [0.25, 0.3) is 0 Å². The van der Waals surface area contributed by atoms with Gasteiger partial charge in [-0.15, -0.1) is 0 Å². The van der Waals surface area contributed by atoms with Crippen LogP contribution in [0.1, 0.15) is 5.69 Å². The van der Waals surface area contributed by atoms with Crippen molar-refractivity contribution in [1.82, 2.24) is 14.7 Å². The molecule has 106 valence electrons. The Bertz CT molecular complexity index is 482. The van der Waals surface area contributed by atoms with Gasteiger partial charge in [-0.2, -0.15) is 27.1 Å². The molecule has 0 aliphatic carbocycles. The molecular weight excluding hydrogens is 277 g/mol. The van der Waals surface area contributed by atoms with E-state index in [9.17, 15) is 26.7 Å². The average Bonchev–Trinajstić information content (AvgIpc) is 2.72. The van der Waals surface area contributed by atoms with E-state index in [1.165, 1.54) is 0 Å². The van der Waals surface area contributed by atoms with Gasteiger partial charge in [0.1, 0.15) is 12.4 Å². The highest BCUT2D eigenvalue weighted by molar-refractivity contribution is 5.83. The van der Waals surface area contributed by atoms with Crippen molar-refractivity contribution < 1.29 is 26.7 Å². The molecule has 1 aromatic heterocycles. The molecule has 0 bridgehead atoms. The SMILES string of the molecule is N=CN(Cn1ccc(C(F)(F)C(F)(F)F)n1)C(N)=O. The van der Waals surface area contributed by atoms with Crippen molar-refractivity contribution >= 4 is 12.4 Å². The van der Waals surface area contributed by atoms with Gasteiger partial charge in [-0.1, -0.05) is 0 Å². The summed E-state index contributed by atoms with van der Waals surface area (Å²) in [4.78, 5) is 11.3. The molecule has 3 N–H and O–H groups in total. The van der Waals surface area contributed by atoms with Crippen molar-refractivity contribution in [2.24, 2.45) is 5.73 Å². The molecule has 0 aromatic carbocycles. The monoisotopic (exact) mass is 285 g/mol. The minimum absolute atomic E-state index is 0.469. The summed E-state index contributed by atoms with van der Waals surface area (Å²) in [7, 11) is 0. The van der Waals surface area contributed by atoms with E-state index in [2.05, 4.69) is 5.10 Å². The molecule has 0 spiro atoms. The first-order chi connectivity index (χ1) is 8.59. The van der Waals surface area contributed by atoms with Crippen LogP contribution in [-0.2, 0) is 12.6 Å². The van der Waals surface area contributed by atoms with Crippen molar-refractivity contribution in [2.75, 3.05) is 0 Å². The standard InChI is InChI=1S/C8H8F5N5O/c9-7(10,8(11,12)13)5-1-2-18(16-5)4-17(3-14)6(15)19/h1-3,14H,4H2,(H2,15,19). The molecule has 0 aliphatic heterocycles. The topological polar surface area (TPSA) is 88.0 Å². The van der Waals surface area contributed by atoms with Crippen LogP contribution in [0, 0.1) is 5.41 Å². The van der Waals surface area contributed by atoms with Crippen LogP contribution >= 0.6 is 0 Å². The van der Waals surface area contributed by atoms with Gasteiger partial charge in [-0.3, -0.25) is 15.0 Å². The maximum absolute atomic E-state index is 12.9. The lowest BCUT2D eigenvalue weighted by molar-refractivity contribution is -0.291. The molecule has 0 saturated carbocycles. The fourth-order valence-electron chi connectivity index (χ4n) is 1.08. The number of primary amides is 1. The first-order valence-electron chi connectivity index (χ1n) is 4.64. The van der Waals surface area contributed by atoms with Crippen LogP contribution in [0.4, 0.5) is 26.7 Å². The summed E-state index contributed by atoms with van der Waals surface area (Å²) in [5.41, 5.74) is 3.32. The minimum atomic E-state index is -5.77. The Labute approximate surface area is 103 Å². The van der Waals surface area contributed by atoms with Gasteiger partial charge < -0.3 is 5.73 Å². The number of amides is 2. The summed E-state index contributed by atoms with van der Waals surface area (Å²) >= 11 is 0. The number of alkyl halides is 5. The average molecular weight is 285 g/mol. The zero-order valence-corrected chi connectivity index (χ0v) is 9.16. The van der Waals surface area contributed by atoms with Crippen molar-refractivity contribution in [2.45, 2.75) is 18.8 Å². The second-order valence-electron chi connectivity index (χ2n) is 3.39. The number of hydrogen-bond acceptors (Lipinski definition) is 3. The maximum Gasteiger partial charge on any atom is 0.459 e. The van der Waals surface area contributed by atoms with E-state index in [4.69, 9.17) is 11.1 Å². The molecule has 1 rings (SSSR count). The smallest absolute Gasteiger partial charge is 0.351 e. The van der Waals surface area contributed by atoms with Crippen molar-refractivity contribution in [1.29, 1.82) is 5.41 Å². The van der Waals surface area contributed by atoms with Crippen LogP contribution in [0.5, 0.6) is 0 Å². The summed E-state index contributed by atoms with van der Waals surface area (Å²) in [6, 6.07) is -0.606. The second-order valence-corrected chi connectivity index (χ2v) is 3.39. The predicted octanol–water partition coefficient (Wildman–Crippen LogP) is 1.48. The van der Waals surface area contributed by atoms with Crippen LogP contribution < -0.4 is 5.73 Å². The van der Waals surface area contributed by atoms with Crippen molar-refractivity contribution in [3.63, 3.8) is 0 Å². The van der Waals surface area contributed by atoms with E-state index in [1.807, 2.05) is 0 Å². The predicted molar refractivity (Wildman–Crippen MR) is 52.4 cm³/mol. The van der Waals surface area contributed by atoms with E-state index in [-0.39, 0.29) is 0 Å². The first kappa shape index (κ1) is 14.9. The minimum Gasteiger partial charge on any atom is -0.351 e. The zero-order chi connectivity index (χ0) is 14.8. The van der Waals surface area contributed by atoms with Crippen molar-refractivity contribution in [3.05, 3.63) is 18.0 Å². The Balaban J connectivity index is 2.95. The lowest BCUT2D eigenvalue weighted by atomic mass is 10.2. The quantitative estimate of drug-likeness (QED) is 0.498. The molecule has 6 nitrogen and oxygen atoms in total. The van der Waals surface area contributed by atoms with Gasteiger partial charge in [0.05, 0.1) is 6.34 Å². The molecule has 0 aliphatic rings. The maximum atomic E-state index is 12.9. The second kappa shape index (κ2) is 4.82. The van der Waals surface area contributed by atoms with Gasteiger partial charge in [0.25, 0.3) is 0 Å². The highest BCUT2D eigenvalue weighted by Crippen LogP contribution is 2.42. The molecule has 0 saturated heterocycles. The first-order valence-corrected chi connectivity index (χ1v) is 4.64. The Morgan fingerprint density at radius 2 is 2.05 bits per heavy atom. The number of nitrogens with two attached hydrogens (primary N) is 1. The number of carbonyl (C=O) groups excluding carboxylic acids is 1. The molecule has 11 heteroatoms. The summed E-state index contributed by atoms with van der Waals surface area (Å²) in [6.45, 7) is -0.549. The Morgan fingerprint density at radius 1 is 1.47 bits per heavy atom. The number of nitrogens with one attached hydrogen (secondary N) is 1. The summed E-state index contributed by atoms with van der Waals surface area (Å²) in [5, 5.41) is 9.81. The van der Waals surface area contributed by atoms with Gasteiger partial charge in [-0.25, -0.2) is 4.79 Å². The molecule has 1 aromatic rings. The lowest BCUT2D eigenvalue weighted by Gasteiger charge is -2.17. The fourth-order valence-corrected chi connectivity index (χ4v) is 1.08. The number of urea groups is 1. The van der Waals surface area contributed by atoms with Crippen molar-refractivity contribution in [3.8, 4) is 0 Å². The molecule has 0 unspecified atom stereocenters. The number of halogens is 5. The third kappa shape index (κ3) is 2.98. The Hall–Kier alpha value is -2.20. The molecule has 19 heavy (non-hydrogen) atoms. The zero-order valence-electron chi connectivity index (χ0n) is 9.16. The van der Waals surface area contributed by atoms with Gasteiger partial charge in [0, 0.05) is 6.20 Å². The Morgan fingerprint density at radius 3 is 2.47 bits per heavy atom. The van der Waals surface area contributed by atoms with Crippen LogP contribution in [-0.4, -0.2) is 33.2 Å². The summed E-state index contributed by atoms with van der Waals surface area (Å²) in [6.07, 6.45) is -4.46. The van der Waals surface area contributed by atoms with Crippen LogP contribution in [0.3, 0.4) is 0 Å². The normalized spacial score (nSPS) is 12.3. The van der Waals surface area contributed by atoms with Gasteiger partial charge in [-0.05, 0) is 6.07 Å². The third-order valence-electron chi connectivity index (χ3n) is 2.05.